The van der Waals surface area contributed by atoms with E-state index in [1.807, 2.05) is 0 Å². The summed E-state index contributed by atoms with van der Waals surface area (Å²) in [6, 6.07) is 3.31. The molecular weight excluding hydrogens is 278 g/mol. The number of ether oxygens (including phenoxy) is 1. The van der Waals surface area contributed by atoms with Gasteiger partial charge in [-0.3, -0.25) is 4.90 Å². The first kappa shape index (κ1) is 19.0. The number of hydrogen-bond acceptors (Lipinski definition) is 4. The van der Waals surface area contributed by atoms with Crippen molar-refractivity contribution in [3.63, 3.8) is 0 Å². The molecular formula is C15H26ClNO3. The summed E-state index contributed by atoms with van der Waals surface area (Å²) in [5.41, 5.74) is 0. The Morgan fingerprint density at radius 1 is 1.20 bits per heavy atom. The lowest BCUT2D eigenvalue weighted by Crippen LogP contribution is -2.30. The number of hydrogen-bond donors (Lipinski definition) is 0. The third-order valence-corrected chi connectivity index (χ3v) is 3.02. The molecule has 0 fully saturated rings. The summed E-state index contributed by atoms with van der Waals surface area (Å²) in [7, 11) is 0. The van der Waals surface area contributed by atoms with Crippen LogP contribution in [0.1, 0.15) is 50.1 Å². The molecule has 0 unspecified atom stereocenters. The smallest absolute Gasteiger partial charge is 0.374 e. The average molecular weight is 304 g/mol. The van der Waals surface area contributed by atoms with Crippen molar-refractivity contribution >= 4 is 18.4 Å². The number of halogens is 1. The average Bonchev–Trinajstić information content (AvgIpc) is 2.95. The van der Waals surface area contributed by atoms with Crippen molar-refractivity contribution in [3.8, 4) is 0 Å². The summed E-state index contributed by atoms with van der Waals surface area (Å²) in [4.78, 5) is 13.9. The summed E-state index contributed by atoms with van der Waals surface area (Å²) >= 11 is 0. The molecule has 0 aliphatic rings. The van der Waals surface area contributed by atoms with Crippen molar-refractivity contribution in [1.29, 1.82) is 0 Å². The lowest BCUT2D eigenvalue weighted by Gasteiger charge is -2.21. The van der Waals surface area contributed by atoms with Gasteiger partial charge in [0, 0.05) is 6.54 Å². The van der Waals surface area contributed by atoms with Gasteiger partial charge in [0.25, 0.3) is 0 Å². The summed E-state index contributed by atoms with van der Waals surface area (Å²) in [6.07, 6.45) is 6.24. The van der Waals surface area contributed by atoms with Crippen LogP contribution in [0.25, 0.3) is 0 Å². The van der Waals surface area contributed by atoms with E-state index in [1.165, 1.54) is 31.9 Å². The number of esters is 1. The quantitative estimate of drug-likeness (QED) is 0.617. The number of unbranched alkanes of at least 4 members (excludes halogenated alkanes) is 2. The third kappa shape index (κ3) is 7.56. The lowest BCUT2D eigenvalue weighted by atomic mass is 10.2. The number of carbonyl (C=O) groups excluding carboxylic acids is 1. The number of carbonyl (C=O) groups is 1. The molecule has 5 heteroatoms. The standard InChI is InChI=1S/C15H25NO3.ClH/c1-3-5-9-16(10-6-4-2)11-13-19-15(17)14-8-7-12-18-14;/h7-8,12H,3-6,9-11,13H2,1-2H3;1H. The monoisotopic (exact) mass is 303 g/mol. The van der Waals surface area contributed by atoms with Crippen LogP contribution in [-0.2, 0) is 4.74 Å². The van der Waals surface area contributed by atoms with Gasteiger partial charge >= 0.3 is 5.97 Å². The second-order valence-corrected chi connectivity index (χ2v) is 4.66. The van der Waals surface area contributed by atoms with E-state index in [9.17, 15) is 4.79 Å². The Morgan fingerprint density at radius 3 is 2.35 bits per heavy atom. The summed E-state index contributed by atoms with van der Waals surface area (Å²) in [5.74, 6) is -0.107. The summed E-state index contributed by atoms with van der Waals surface area (Å²) < 4.78 is 10.2. The Labute approximate surface area is 127 Å². The highest BCUT2D eigenvalue weighted by molar-refractivity contribution is 5.86. The van der Waals surface area contributed by atoms with Crippen LogP contribution < -0.4 is 0 Å². The molecule has 4 nitrogen and oxygen atoms in total. The predicted molar refractivity (Wildman–Crippen MR) is 82.5 cm³/mol. The molecule has 1 aromatic heterocycles. The Kier molecular flexibility index (Phi) is 11.2. The van der Waals surface area contributed by atoms with E-state index < -0.39 is 0 Å². The van der Waals surface area contributed by atoms with E-state index in [1.54, 1.807) is 12.1 Å². The molecule has 20 heavy (non-hydrogen) atoms. The third-order valence-electron chi connectivity index (χ3n) is 3.02. The molecule has 0 aromatic carbocycles. The van der Waals surface area contributed by atoms with Gasteiger partial charge in [-0.2, -0.15) is 0 Å². The lowest BCUT2D eigenvalue weighted by molar-refractivity contribution is 0.0425. The van der Waals surface area contributed by atoms with Crippen molar-refractivity contribution in [1.82, 2.24) is 4.90 Å². The van der Waals surface area contributed by atoms with Crippen LogP contribution in [0, 0.1) is 0 Å². The van der Waals surface area contributed by atoms with Gasteiger partial charge in [-0.1, -0.05) is 26.7 Å². The SMILES string of the molecule is CCCCN(CCCC)CCOC(=O)c1ccco1.Cl. The van der Waals surface area contributed by atoms with E-state index >= 15 is 0 Å². The normalized spacial score (nSPS) is 10.3. The Bertz CT molecular complexity index is 333. The first-order valence-corrected chi connectivity index (χ1v) is 7.20. The van der Waals surface area contributed by atoms with Crippen LogP contribution in [0.3, 0.4) is 0 Å². The van der Waals surface area contributed by atoms with Crippen molar-refractivity contribution in [3.05, 3.63) is 24.2 Å². The fourth-order valence-electron chi connectivity index (χ4n) is 1.83. The van der Waals surface area contributed by atoms with Gasteiger partial charge in [-0.25, -0.2) is 4.79 Å². The van der Waals surface area contributed by atoms with Crippen molar-refractivity contribution < 1.29 is 13.9 Å². The zero-order valence-corrected chi connectivity index (χ0v) is 13.3. The minimum Gasteiger partial charge on any atom is -0.458 e. The minimum absolute atomic E-state index is 0. The highest BCUT2D eigenvalue weighted by Gasteiger charge is 2.10. The zero-order chi connectivity index (χ0) is 13.9. The predicted octanol–water partition coefficient (Wildman–Crippen LogP) is 3.76. The molecule has 0 aliphatic heterocycles. The maximum Gasteiger partial charge on any atom is 0.374 e. The topological polar surface area (TPSA) is 42.7 Å². The zero-order valence-electron chi connectivity index (χ0n) is 12.5. The molecule has 0 aliphatic carbocycles. The second-order valence-electron chi connectivity index (χ2n) is 4.66. The van der Waals surface area contributed by atoms with Crippen LogP contribution in [-0.4, -0.2) is 37.1 Å². The van der Waals surface area contributed by atoms with Gasteiger partial charge in [0.15, 0.2) is 0 Å². The van der Waals surface area contributed by atoms with E-state index in [4.69, 9.17) is 9.15 Å². The first-order valence-electron chi connectivity index (χ1n) is 7.20. The molecule has 0 saturated heterocycles. The van der Waals surface area contributed by atoms with Gasteiger partial charge in [0.2, 0.25) is 5.76 Å². The molecule has 0 atom stereocenters. The number of nitrogens with zero attached hydrogens (tertiary/aromatic N) is 1. The molecule has 1 heterocycles. The Hall–Kier alpha value is -1.00. The van der Waals surface area contributed by atoms with Gasteiger partial charge in [0.05, 0.1) is 6.26 Å². The Balaban J connectivity index is 0.00000361. The number of rotatable bonds is 10. The minimum atomic E-state index is -0.379. The van der Waals surface area contributed by atoms with Crippen LogP contribution in [0.4, 0.5) is 0 Å². The van der Waals surface area contributed by atoms with Crippen LogP contribution in [0.5, 0.6) is 0 Å². The molecule has 0 N–H and O–H groups in total. The fraction of sp³-hybridized carbons (Fsp3) is 0.667. The van der Waals surface area contributed by atoms with Crippen LogP contribution in [0.2, 0.25) is 0 Å². The molecule has 0 amide bonds. The summed E-state index contributed by atoms with van der Waals surface area (Å²) in [6.45, 7) is 7.76. The van der Waals surface area contributed by atoms with E-state index in [-0.39, 0.29) is 24.1 Å². The fourth-order valence-corrected chi connectivity index (χ4v) is 1.83. The molecule has 1 aromatic rings. The Morgan fingerprint density at radius 2 is 1.85 bits per heavy atom. The number of furan rings is 1. The van der Waals surface area contributed by atoms with Gasteiger partial charge < -0.3 is 9.15 Å². The molecule has 0 radical (unpaired) electrons. The first-order chi connectivity index (χ1) is 9.27. The van der Waals surface area contributed by atoms with Crippen LogP contribution in [0.15, 0.2) is 22.8 Å². The van der Waals surface area contributed by atoms with E-state index in [2.05, 4.69) is 18.7 Å². The van der Waals surface area contributed by atoms with Crippen molar-refractivity contribution in [2.45, 2.75) is 39.5 Å². The molecule has 116 valence electrons. The van der Waals surface area contributed by atoms with Crippen LogP contribution >= 0.6 is 12.4 Å². The maximum atomic E-state index is 11.6. The van der Waals surface area contributed by atoms with Crippen molar-refractivity contribution in [2.75, 3.05) is 26.2 Å². The van der Waals surface area contributed by atoms with Crippen molar-refractivity contribution in [2.24, 2.45) is 0 Å². The largest absolute Gasteiger partial charge is 0.458 e. The molecule has 0 bridgehead atoms. The van der Waals surface area contributed by atoms with E-state index in [0.29, 0.717) is 6.61 Å². The summed E-state index contributed by atoms with van der Waals surface area (Å²) in [5, 5.41) is 0. The molecule has 1 rings (SSSR count). The van der Waals surface area contributed by atoms with Gasteiger partial charge in [0.1, 0.15) is 6.61 Å². The molecule has 0 saturated carbocycles. The van der Waals surface area contributed by atoms with Gasteiger partial charge in [-0.05, 0) is 38.1 Å². The maximum absolute atomic E-state index is 11.6. The molecule has 0 spiro atoms. The van der Waals surface area contributed by atoms with E-state index in [0.717, 1.165) is 19.6 Å². The van der Waals surface area contributed by atoms with Gasteiger partial charge in [-0.15, -0.1) is 12.4 Å². The highest BCUT2D eigenvalue weighted by Crippen LogP contribution is 2.03. The highest BCUT2D eigenvalue weighted by atomic mass is 35.5. The second kappa shape index (κ2) is 11.8.